The number of hydrogen-bond donors (Lipinski definition) is 0. The molecule has 13 rings (SSSR count). The van der Waals surface area contributed by atoms with E-state index < -0.39 is 0 Å². The van der Waals surface area contributed by atoms with Gasteiger partial charge < -0.3 is 9.80 Å². The van der Waals surface area contributed by atoms with E-state index in [1.165, 1.54) is 129 Å². The molecule has 74 heavy (non-hydrogen) atoms. The van der Waals surface area contributed by atoms with Gasteiger partial charge in [-0.2, -0.15) is 0 Å². The van der Waals surface area contributed by atoms with Crippen molar-refractivity contribution in [3.05, 3.63) is 266 Å². The summed E-state index contributed by atoms with van der Waals surface area (Å²) in [7, 11) is 0. The average Bonchev–Trinajstić information content (AvgIpc) is 4.26. The van der Waals surface area contributed by atoms with E-state index in [2.05, 4.69) is 265 Å². The van der Waals surface area contributed by atoms with Gasteiger partial charge in [-0.05, 0) is 187 Å². The highest BCUT2D eigenvalue weighted by molar-refractivity contribution is 6.22. The van der Waals surface area contributed by atoms with E-state index in [4.69, 9.17) is 0 Å². The summed E-state index contributed by atoms with van der Waals surface area (Å²) in [6.07, 6.45) is 10.4. The number of benzene rings is 11. The van der Waals surface area contributed by atoms with Gasteiger partial charge in [0.05, 0.1) is 0 Å². The monoisotopic (exact) mass is 952 g/mol. The Morgan fingerprint density at radius 1 is 0.230 bits per heavy atom. The van der Waals surface area contributed by atoms with E-state index in [9.17, 15) is 0 Å². The summed E-state index contributed by atoms with van der Waals surface area (Å²) in [5.41, 5.74) is 19.4. The standard InChI is InChI=1S/C72H60N2/c1-5-19-53(20-6-1)59-31-17-33-63(47-59)73(61-39-35-55(36-40-61)51-23-13-14-24-51)65-43-45-67-69(49-65)71(57-27-9-3-10-28-57)68-46-44-66(50-70(68)72(67)58-29-11-4-12-30-58)74(62-41-37-56(38-42-62)52-25-15-16-26-52)64-34-18-32-60(48-64)54-21-7-2-8-22-54/h1-12,17-22,27-52H,13-16,23-26H2. The highest BCUT2D eigenvalue weighted by Gasteiger charge is 2.24. The Balaban J connectivity index is 1.03. The van der Waals surface area contributed by atoms with Crippen LogP contribution in [0, 0.1) is 0 Å². The Bertz CT molecular complexity index is 3460. The van der Waals surface area contributed by atoms with Crippen molar-refractivity contribution in [2.45, 2.75) is 63.2 Å². The maximum atomic E-state index is 2.47. The smallest absolute Gasteiger partial charge is 0.0468 e. The van der Waals surface area contributed by atoms with Gasteiger partial charge in [-0.15, -0.1) is 0 Å². The Hall–Kier alpha value is -8.46. The highest BCUT2D eigenvalue weighted by Crippen LogP contribution is 2.49. The molecule has 11 aromatic rings. The molecule has 0 aliphatic heterocycles. The van der Waals surface area contributed by atoms with Crippen LogP contribution in [0.1, 0.15) is 74.3 Å². The fourth-order valence-electron chi connectivity index (χ4n) is 12.4. The number of nitrogens with zero attached hydrogens (tertiary/aromatic N) is 2. The average molecular weight is 953 g/mol. The minimum absolute atomic E-state index is 0.645. The molecule has 0 atom stereocenters. The second kappa shape index (κ2) is 20.2. The highest BCUT2D eigenvalue weighted by atomic mass is 15.1. The Labute approximate surface area is 436 Å². The molecule has 2 saturated carbocycles. The van der Waals surface area contributed by atoms with Gasteiger partial charge >= 0.3 is 0 Å². The summed E-state index contributed by atoms with van der Waals surface area (Å²) in [6, 6.07) is 95.1. The van der Waals surface area contributed by atoms with E-state index in [1.54, 1.807) is 0 Å². The maximum Gasteiger partial charge on any atom is 0.0468 e. The molecule has 2 heteroatoms. The van der Waals surface area contributed by atoms with Crippen LogP contribution < -0.4 is 9.80 Å². The molecule has 0 radical (unpaired) electrons. The van der Waals surface area contributed by atoms with Crippen molar-refractivity contribution in [3.63, 3.8) is 0 Å². The van der Waals surface area contributed by atoms with Crippen LogP contribution >= 0.6 is 0 Å². The van der Waals surface area contributed by atoms with Crippen molar-refractivity contribution in [3.8, 4) is 44.5 Å². The number of anilines is 6. The first-order valence-electron chi connectivity index (χ1n) is 27.0. The van der Waals surface area contributed by atoms with Crippen LogP contribution in [0.25, 0.3) is 66.1 Å². The van der Waals surface area contributed by atoms with E-state index in [0.29, 0.717) is 11.8 Å². The molecular weight excluding hydrogens is 893 g/mol. The van der Waals surface area contributed by atoms with Crippen LogP contribution in [0.4, 0.5) is 34.1 Å². The predicted octanol–water partition coefficient (Wildman–Crippen LogP) is 20.9. The SMILES string of the molecule is c1ccc(-c2cccc(N(c3ccc(C4CCCC4)cc3)c3ccc4c(-c5ccccc5)c5cc(N(c6ccc(C7CCCC7)cc6)c6cccc(-c7ccccc7)c6)ccc5c(-c5ccccc5)c4c3)c2)cc1. The molecule has 0 N–H and O–H groups in total. The van der Waals surface area contributed by atoms with Crippen LogP contribution in [-0.2, 0) is 0 Å². The number of hydrogen-bond acceptors (Lipinski definition) is 2. The molecule has 2 fully saturated rings. The topological polar surface area (TPSA) is 6.48 Å². The summed E-state index contributed by atoms with van der Waals surface area (Å²) >= 11 is 0. The van der Waals surface area contributed by atoms with Gasteiger partial charge in [-0.1, -0.05) is 208 Å². The summed E-state index contributed by atoms with van der Waals surface area (Å²) in [6.45, 7) is 0. The fourth-order valence-corrected chi connectivity index (χ4v) is 12.4. The first-order chi connectivity index (χ1) is 36.7. The summed E-state index contributed by atoms with van der Waals surface area (Å²) in [5.74, 6) is 1.29. The normalized spacial score (nSPS) is 13.9. The number of rotatable bonds is 12. The van der Waals surface area contributed by atoms with Crippen molar-refractivity contribution in [2.24, 2.45) is 0 Å². The van der Waals surface area contributed by atoms with Crippen LogP contribution in [0.5, 0.6) is 0 Å². The Kier molecular flexibility index (Phi) is 12.4. The van der Waals surface area contributed by atoms with E-state index >= 15 is 0 Å². The zero-order chi connectivity index (χ0) is 49.2. The summed E-state index contributed by atoms with van der Waals surface area (Å²) in [5, 5.41) is 4.87. The van der Waals surface area contributed by atoms with E-state index in [0.717, 1.165) is 34.1 Å². The minimum Gasteiger partial charge on any atom is -0.310 e. The summed E-state index contributed by atoms with van der Waals surface area (Å²) in [4.78, 5) is 4.93. The second-order valence-electron chi connectivity index (χ2n) is 20.6. The first-order valence-corrected chi connectivity index (χ1v) is 27.0. The molecule has 2 nitrogen and oxygen atoms in total. The van der Waals surface area contributed by atoms with Crippen LogP contribution in [0.3, 0.4) is 0 Å². The van der Waals surface area contributed by atoms with Crippen molar-refractivity contribution < 1.29 is 0 Å². The third-order valence-corrected chi connectivity index (χ3v) is 16.1. The molecule has 0 spiro atoms. The van der Waals surface area contributed by atoms with Gasteiger partial charge in [-0.3, -0.25) is 0 Å². The predicted molar refractivity (Wildman–Crippen MR) is 315 cm³/mol. The fraction of sp³-hybridized carbons (Fsp3) is 0.139. The molecule has 0 saturated heterocycles. The first kappa shape index (κ1) is 45.4. The molecule has 0 aromatic heterocycles. The van der Waals surface area contributed by atoms with Crippen molar-refractivity contribution >= 4 is 55.7 Å². The zero-order valence-corrected chi connectivity index (χ0v) is 42.0. The lowest BCUT2D eigenvalue weighted by Gasteiger charge is -2.29. The van der Waals surface area contributed by atoms with Crippen molar-refractivity contribution in [1.29, 1.82) is 0 Å². The molecule has 0 bridgehead atoms. The number of fused-ring (bicyclic) bond motifs is 2. The van der Waals surface area contributed by atoms with Crippen LogP contribution in [0.2, 0.25) is 0 Å². The molecule has 2 aliphatic carbocycles. The lowest BCUT2D eigenvalue weighted by molar-refractivity contribution is 0.723. The van der Waals surface area contributed by atoms with Crippen LogP contribution in [-0.4, -0.2) is 0 Å². The van der Waals surface area contributed by atoms with Gasteiger partial charge in [0.1, 0.15) is 0 Å². The van der Waals surface area contributed by atoms with E-state index in [-0.39, 0.29) is 0 Å². The Morgan fingerprint density at radius 2 is 0.541 bits per heavy atom. The second-order valence-corrected chi connectivity index (χ2v) is 20.6. The van der Waals surface area contributed by atoms with Crippen molar-refractivity contribution in [2.75, 3.05) is 9.80 Å². The van der Waals surface area contributed by atoms with Gasteiger partial charge in [0.15, 0.2) is 0 Å². The molecular formula is C72H60N2. The lowest BCUT2D eigenvalue weighted by Crippen LogP contribution is -2.11. The van der Waals surface area contributed by atoms with Gasteiger partial charge in [-0.25, -0.2) is 0 Å². The molecule has 0 heterocycles. The molecule has 2 aliphatic rings. The molecule has 0 amide bonds. The van der Waals surface area contributed by atoms with E-state index in [1.807, 2.05) is 0 Å². The zero-order valence-electron chi connectivity index (χ0n) is 42.0. The van der Waals surface area contributed by atoms with Gasteiger partial charge in [0.25, 0.3) is 0 Å². The van der Waals surface area contributed by atoms with Gasteiger partial charge in [0, 0.05) is 34.1 Å². The third-order valence-electron chi connectivity index (χ3n) is 16.1. The lowest BCUT2D eigenvalue weighted by atomic mass is 9.85. The summed E-state index contributed by atoms with van der Waals surface area (Å²) < 4.78 is 0. The quantitative estimate of drug-likeness (QED) is 0.113. The van der Waals surface area contributed by atoms with Crippen LogP contribution in [0.15, 0.2) is 255 Å². The molecule has 358 valence electrons. The molecule has 0 unspecified atom stereocenters. The minimum atomic E-state index is 0.645. The van der Waals surface area contributed by atoms with Gasteiger partial charge in [0.2, 0.25) is 0 Å². The molecule has 11 aromatic carbocycles. The Morgan fingerprint density at radius 3 is 0.905 bits per heavy atom. The van der Waals surface area contributed by atoms with Crippen molar-refractivity contribution in [1.82, 2.24) is 0 Å². The largest absolute Gasteiger partial charge is 0.310 e. The maximum absolute atomic E-state index is 2.47. The third kappa shape index (κ3) is 8.85.